The molecule has 6 heteroatoms. The van der Waals surface area contributed by atoms with Crippen LogP contribution in [0.25, 0.3) is 0 Å². The van der Waals surface area contributed by atoms with Gasteiger partial charge in [0.15, 0.2) is 6.61 Å². The SMILES string of the molecule is COC(=O)c1cccc(OCC(=O)NCCc2ccc(Cl)cc2)c1. The first-order valence-corrected chi connectivity index (χ1v) is 7.78. The molecule has 1 N–H and O–H groups in total. The minimum atomic E-state index is -0.451. The molecular formula is C18H18ClNO4. The Morgan fingerprint density at radius 2 is 1.88 bits per heavy atom. The molecule has 0 aliphatic rings. The molecule has 0 aliphatic heterocycles. The summed E-state index contributed by atoms with van der Waals surface area (Å²) >= 11 is 5.82. The van der Waals surface area contributed by atoms with Crippen molar-refractivity contribution >= 4 is 23.5 Å². The number of halogens is 1. The summed E-state index contributed by atoms with van der Waals surface area (Å²) in [5.74, 6) is -0.244. The fourth-order valence-corrected chi connectivity index (χ4v) is 2.15. The number of amides is 1. The van der Waals surface area contributed by atoms with Crippen LogP contribution in [0.5, 0.6) is 5.75 Å². The topological polar surface area (TPSA) is 64.6 Å². The lowest BCUT2D eigenvalue weighted by molar-refractivity contribution is -0.123. The highest BCUT2D eigenvalue weighted by atomic mass is 35.5. The summed E-state index contributed by atoms with van der Waals surface area (Å²) in [6, 6.07) is 14.0. The Morgan fingerprint density at radius 3 is 2.58 bits per heavy atom. The number of hydrogen-bond donors (Lipinski definition) is 1. The van der Waals surface area contributed by atoms with Gasteiger partial charge in [0.1, 0.15) is 5.75 Å². The van der Waals surface area contributed by atoms with E-state index in [-0.39, 0.29) is 12.5 Å². The fraction of sp³-hybridized carbons (Fsp3) is 0.222. The first-order chi connectivity index (χ1) is 11.6. The number of benzene rings is 2. The molecule has 0 bridgehead atoms. The van der Waals surface area contributed by atoms with Gasteiger partial charge in [-0.15, -0.1) is 0 Å². The van der Waals surface area contributed by atoms with E-state index >= 15 is 0 Å². The minimum Gasteiger partial charge on any atom is -0.484 e. The molecule has 0 aromatic heterocycles. The van der Waals surface area contributed by atoms with Gasteiger partial charge in [0.25, 0.3) is 5.91 Å². The third-order valence-corrected chi connectivity index (χ3v) is 3.53. The molecule has 0 heterocycles. The van der Waals surface area contributed by atoms with Crippen molar-refractivity contribution < 1.29 is 19.1 Å². The van der Waals surface area contributed by atoms with Crippen molar-refractivity contribution in [2.75, 3.05) is 20.3 Å². The van der Waals surface area contributed by atoms with Crippen molar-refractivity contribution in [3.63, 3.8) is 0 Å². The van der Waals surface area contributed by atoms with Gasteiger partial charge in [0.05, 0.1) is 12.7 Å². The first-order valence-electron chi connectivity index (χ1n) is 7.41. The summed E-state index contributed by atoms with van der Waals surface area (Å²) in [6.45, 7) is 0.386. The van der Waals surface area contributed by atoms with Crippen LogP contribution in [0.1, 0.15) is 15.9 Å². The lowest BCUT2D eigenvalue weighted by atomic mass is 10.1. The van der Waals surface area contributed by atoms with Crippen LogP contribution < -0.4 is 10.1 Å². The second-order valence-electron chi connectivity index (χ2n) is 5.03. The van der Waals surface area contributed by atoms with Crippen LogP contribution in [0.4, 0.5) is 0 Å². The van der Waals surface area contributed by atoms with E-state index in [0.717, 1.165) is 5.56 Å². The maximum atomic E-state index is 11.8. The Kier molecular flexibility index (Phi) is 6.63. The lowest BCUT2D eigenvalue weighted by Crippen LogP contribution is -2.30. The van der Waals surface area contributed by atoms with E-state index in [1.807, 2.05) is 24.3 Å². The van der Waals surface area contributed by atoms with Crippen LogP contribution in [0, 0.1) is 0 Å². The second-order valence-corrected chi connectivity index (χ2v) is 5.47. The summed E-state index contributed by atoms with van der Waals surface area (Å²) in [4.78, 5) is 23.2. The van der Waals surface area contributed by atoms with Gasteiger partial charge < -0.3 is 14.8 Å². The predicted octanol–water partition coefficient (Wildman–Crippen LogP) is 2.86. The zero-order valence-corrected chi connectivity index (χ0v) is 14.0. The molecule has 0 saturated carbocycles. The Balaban J connectivity index is 1.75. The Bertz CT molecular complexity index is 700. The van der Waals surface area contributed by atoms with Crippen LogP contribution in [-0.2, 0) is 16.0 Å². The van der Waals surface area contributed by atoms with Gasteiger partial charge >= 0.3 is 5.97 Å². The summed E-state index contributed by atoms with van der Waals surface area (Å²) in [5, 5.41) is 3.46. The molecule has 0 atom stereocenters. The van der Waals surface area contributed by atoms with Gasteiger partial charge in [-0.3, -0.25) is 4.79 Å². The first kappa shape index (κ1) is 17.8. The van der Waals surface area contributed by atoms with Crippen molar-refractivity contribution in [1.29, 1.82) is 0 Å². The summed E-state index contributed by atoms with van der Waals surface area (Å²) in [6.07, 6.45) is 0.709. The molecule has 2 aromatic carbocycles. The molecule has 5 nitrogen and oxygen atoms in total. The third-order valence-electron chi connectivity index (χ3n) is 3.27. The molecule has 0 saturated heterocycles. The molecule has 0 radical (unpaired) electrons. The average Bonchev–Trinajstić information content (AvgIpc) is 2.61. The third kappa shape index (κ3) is 5.59. The number of nitrogens with one attached hydrogen (secondary N) is 1. The molecule has 1 amide bonds. The van der Waals surface area contributed by atoms with E-state index in [9.17, 15) is 9.59 Å². The van der Waals surface area contributed by atoms with Gasteiger partial charge in [-0.2, -0.15) is 0 Å². The highest BCUT2D eigenvalue weighted by Crippen LogP contribution is 2.14. The van der Waals surface area contributed by atoms with E-state index < -0.39 is 5.97 Å². The van der Waals surface area contributed by atoms with Crippen molar-refractivity contribution in [3.05, 3.63) is 64.7 Å². The number of carbonyl (C=O) groups is 2. The highest BCUT2D eigenvalue weighted by Gasteiger charge is 2.07. The number of hydrogen-bond acceptors (Lipinski definition) is 4. The Labute approximate surface area is 145 Å². The molecule has 126 valence electrons. The van der Waals surface area contributed by atoms with E-state index in [1.54, 1.807) is 18.2 Å². The van der Waals surface area contributed by atoms with E-state index in [4.69, 9.17) is 16.3 Å². The zero-order chi connectivity index (χ0) is 17.4. The summed E-state index contributed by atoms with van der Waals surface area (Å²) in [7, 11) is 1.31. The van der Waals surface area contributed by atoms with Crippen LogP contribution in [0.15, 0.2) is 48.5 Å². The van der Waals surface area contributed by atoms with Gasteiger partial charge in [0, 0.05) is 11.6 Å². The predicted molar refractivity (Wildman–Crippen MR) is 91.4 cm³/mol. The Morgan fingerprint density at radius 1 is 1.12 bits per heavy atom. The zero-order valence-electron chi connectivity index (χ0n) is 13.3. The van der Waals surface area contributed by atoms with Crippen LogP contribution in [-0.4, -0.2) is 32.1 Å². The smallest absolute Gasteiger partial charge is 0.337 e. The number of rotatable bonds is 7. The van der Waals surface area contributed by atoms with Gasteiger partial charge in [-0.25, -0.2) is 4.79 Å². The maximum absolute atomic E-state index is 11.8. The van der Waals surface area contributed by atoms with Crippen molar-refractivity contribution in [1.82, 2.24) is 5.32 Å². The largest absolute Gasteiger partial charge is 0.484 e. The molecule has 0 spiro atoms. The van der Waals surface area contributed by atoms with Gasteiger partial charge in [0.2, 0.25) is 0 Å². The minimum absolute atomic E-state index is 0.120. The van der Waals surface area contributed by atoms with Crippen LogP contribution in [0.2, 0.25) is 5.02 Å². The van der Waals surface area contributed by atoms with Crippen LogP contribution >= 0.6 is 11.6 Å². The van der Waals surface area contributed by atoms with Crippen molar-refractivity contribution in [2.24, 2.45) is 0 Å². The quantitative estimate of drug-likeness (QED) is 0.782. The lowest BCUT2D eigenvalue weighted by Gasteiger charge is -2.08. The number of methoxy groups -OCH3 is 1. The maximum Gasteiger partial charge on any atom is 0.337 e. The standard InChI is InChI=1S/C18H18ClNO4/c1-23-18(22)14-3-2-4-16(11-14)24-12-17(21)20-10-9-13-5-7-15(19)8-6-13/h2-8,11H,9-10,12H2,1H3,(H,20,21). The van der Waals surface area contributed by atoms with Crippen molar-refractivity contribution in [3.8, 4) is 5.75 Å². The van der Waals surface area contributed by atoms with Gasteiger partial charge in [-0.05, 0) is 42.3 Å². The summed E-state index contributed by atoms with van der Waals surface area (Å²) in [5.41, 5.74) is 1.46. The van der Waals surface area contributed by atoms with Crippen LogP contribution in [0.3, 0.4) is 0 Å². The molecule has 24 heavy (non-hydrogen) atoms. The number of ether oxygens (including phenoxy) is 2. The molecule has 2 rings (SSSR count). The average molecular weight is 348 g/mol. The molecule has 0 unspecified atom stereocenters. The highest BCUT2D eigenvalue weighted by molar-refractivity contribution is 6.30. The molecule has 0 fully saturated rings. The Hall–Kier alpha value is -2.53. The number of carbonyl (C=O) groups excluding carboxylic acids is 2. The normalized spacial score (nSPS) is 10.1. The van der Waals surface area contributed by atoms with Gasteiger partial charge in [-0.1, -0.05) is 29.8 Å². The van der Waals surface area contributed by atoms with E-state index in [2.05, 4.69) is 10.1 Å². The number of esters is 1. The fourth-order valence-electron chi connectivity index (χ4n) is 2.03. The summed E-state index contributed by atoms with van der Waals surface area (Å²) < 4.78 is 10.0. The van der Waals surface area contributed by atoms with E-state index in [1.165, 1.54) is 13.2 Å². The molecule has 0 aliphatic carbocycles. The monoisotopic (exact) mass is 347 g/mol. The molecular weight excluding hydrogens is 330 g/mol. The molecule has 2 aromatic rings. The van der Waals surface area contributed by atoms with Crippen molar-refractivity contribution in [2.45, 2.75) is 6.42 Å². The second kappa shape index (κ2) is 8.93. The van der Waals surface area contributed by atoms with E-state index in [0.29, 0.717) is 29.3 Å².